The lowest BCUT2D eigenvalue weighted by atomic mass is 10.1. The highest BCUT2D eigenvalue weighted by Crippen LogP contribution is 2.29. The van der Waals surface area contributed by atoms with Crippen molar-refractivity contribution in [2.45, 2.75) is 25.8 Å². The Hall–Kier alpha value is -3.46. The van der Waals surface area contributed by atoms with Crippen LogP contribution in [0.15, 0.2) is 36.7 Å². The van der Waals surface area contributed by atoms with Crippen molar-refractivity contribution in [3.63, 3.8) is 0 Å². The Labute approximate surface area is 183 Å². The number of pyridine rings is 3. The number of nitrogens with one attached hydrogen (secondary N) is 2. The second kappa shape index (κ2) is 8.73. The highest BCUT2D eigenvalue weighted by Gasteiger charge is 2.22. The van der Waals surface area contributed by atoms with Crippen molar-refractivity contribution in [2.24, 2.45) is 0 Å². The smallest absolute Gasteiger partial charge is 0.404 e. The molecule has 0 aromatic carbocycles. The van der Waals surface area contributed by atoms with E-state index in [2.05, 4.69) is 30.5 Å². The predicted molar refractivity (Wildman–Crippen MR) is 118 cm³/mol. The fraction of sp³-hybridized carbons (Fsp3) is 0.286. The molecule has 1 unspecified atom stereocenters. The van der Waals surface area contributed by atoms with Gasteiger partial charge in [0.2, 0.25) is 0 Å². The lowest BCUT2D eigenvalue weighted by molar-refractivity contribution is 0.101. The zero-order chi connectivity index (χ0) is 22.0. The van der Waals surface area contributed by atoms with Crippen LogP contribution in [-0.4, -0.2) is 51.1 Å². The van der Waals surface area contributed by atoms with E-state index in [1.54, 1.807) is 18.3 Å². The van der Waals surface area contributed by atoms with Crippen LogP contribution in [0, 0.1) is 0 Å². The van der Waals surface area contributed by atoms with Crippen molar-refractivity contribution in [3.8, 4) is 0 Å². The SMILES string of the molecule is CC(=O)c1cnc2ccc(Cl)nc2c1Nc1ccc(N2CCCC(NC(=O)O)C2)nc1. The molecule has 1 aliphatic heterocycles. The molecule has 1 amide bonds. The lowest BCUT2D eigenvalue weighted by Gasteiger charge is -2.33. The number of halogens is 1. The van der Waals surface area contributed by atoms with Crippen LogP contribution >= 0.6 is 11.6 Å². The molecule has 10 heteroatoms. The number of fused-ring (bicyclic) bond motifs is 1. The number of rotatable bonds is 5. The molecule has 0 radical (unpaired) electrons. The van der Waals surface area contributed by atoms with Gasteiger partial charge in [-0.1, -0.05) is 11.6 Å². The van der Waals surface area contributed by atoms with Gasteiger partial charge in [0.1, 0.15) is 16.5 Å². The number of carboxylic acid groups (broad SMARTS) is 1. The Bertz CT molecular complexity index is 1140. The molecule has 0 bridgehead atoms. The third-order valence-corrected chi connectivity index (χ3v) is 5.36. The summed E-state index contributed by atoms with van der Waals surface area (Å²) in [6.07, 6.45) is 3.86. The van der Waals surface area contributed by atoms with Crippen molar-refractivity contribution in [1.29, 1.82) is 0 Å². The van der Waals surface area contributed by atoms with Gasteiger partial charge in [0, 0.05) is 25.3 Å². The van der Waals surface area contributed by atoms with E-state index in [9.17, 15) is 9.59 Å². The fourth-order valence-corrected chi connectivity index (χ4v) is 3.85. The summed E-state index contributed by atoms with van der Waals surface area (Å²) in [6, 6.07) is 7.00. The zero-order valence-corrected chi connectivity index (χ0v) is 17.6. The zero-order valence-electron chi connectivity index (χ0n) is 16.8. The standard InChI is InChI=1S/C21H21ClN6O3/c1-12(29)15-10-23-16-5-6-17(22)27-20(16)19(15)25-13-4-7-18(24-9-13)28-8-2-3-14(11-28)26-21(30)31/h4-7,9-10,14,26H,2-3,8,11H2,1H3,(H,23,25)(H,30,31). The first-order chi connectivity index (χ1) is 14.9. The maximum atomic E-state index is 12.1. The molecule has 0 aliphatic carbocycles. The van der Waals surface area contributed by atoms with Crippen molar-refractivity contribution < 1.29 is 14.7 Å². The molecule has 1 atom stereocenters. The summed E-state index contributed by atoms with van der Waals surface area (Å²) in [7, 11) is 0. The maximum Gasteiger partial charge on any atom is 0.404 e. The second-order valence-electron chi connectivity index (χ2n) is 7.37. The van der Waals surface area contributed by atoms with Crippen LogP contribution in [0.5, 0.6) is 0 Å². The van der Waals surface area contributed by atoms with E-state index in [-0.39, 0.29) is 11.8 Å². The number of nitrogens with zero attached hydrogens (tertiary/aromatic N) is 4. The summed E-state index contributed by atoms with van der Waals surface area (Å²) in [5.41, 5.74) is 2.73. The molecule has 0 spiro atoms. The monoisotopic (exact) mass is 440 g/mol. The van der Waals surface area contributed by atoms with Gasteiger partial charge in [-0.25, -0.2) is 14.8 Å². The molecule has 3 N–H and O–H groups in total. The Morgan fingerprint density at radius 1 is 1.19 bits per heavy atom. The number of carbonyl (C=O) groups is 2. The molecule has 3 aromatic heterocycles. The highest BCUT2D eigenvalue weighted by atomic mass is 35.5. The van der Waals surface area contributed by atoms with Gasteiger partial charge in [0.15, 0.2) is 5.78 Å². The van der Waals surface area contributed by atoms with Crippen molar-refractivity contribution in [3.05, 3.63) is 47.4 Å². The number of hydrogen-bond acceptors (Lipinski definition) is 7. The minimum Gasteiger partial charge on any atom is -0.465 e. The first-order valence-corrected chi connectivity index (χ1v) is 10.2. The summed E-state index contributed by atoms with van der Waals surface area (Å²) < 4.78 is 0. The van der Waals surface area contributed by atoms with Crippen LogP contribution in [0.3, 0.4) is 0 Å². The first kappa shape index (κ1) is 20.8. The first-order valence-electron chi connectivity index (χ1n) is 9.84. The van der Waals surface area contributed by atoms with Crippen LogP contribution in [0.25, 0.3) is 11.0 Å². The topological polar surface area (TPSA) is 120 Å². The van der Waals surface area contributed by atoms with Gasteiger partial charge in [-0.05, 0) is 44.0 Å². The van der Waals surface area contributed by atoms with Gasteiger partial charge in [-0.15, -0.1) is 0 Å². The van der Waals surface area contributed by atoms with E-state index in [1.807, 2.05) is 12.1 Å². The van der Waals surface area contributed by atoms with E-state index < -0.39 is 6.09 Å². The van der Waals surface area contributed by atoms with Crippen LogP contribution in [0.4, 0.5) is 22.0 Å². The molecule has 160 valence electrons. The Morgan fingerprint density at radius 2 is 2.03 bits per heavy atom. The minimum atomic E-state index is -1.01. The Balaban J connectivity index is 1.59. The van der Waals surface area contributed by atoms with Crippen molar-refractivity contribution in [2.75, 3.05) is 23.3 Å². The van der Waals surface area contributed by atoms with Crippen molar-refractivity contribution in [1.82, 2.24) is 20.3 Å². The molecular formula is C21H21ClN6O3. The molecule has 9 nitrogen and oxygen atoms in total. The van der Waals surface area contributed by atoms with E-state index in [1.165, 1.54) is 13.1 Å². The number of Topliss-reactive ketones (excluding diaryl/α,β-unsaturated/α-hetero) is 1. The van der Waals surface area contributed by atoms with Gasteiger partial charge in [0.05, 0.1) is 28.7 Å². The number of anilines is 3. The summed E-state index contributed by atoms with van der Waals surface area (Å²) in [4.78, 5) is 38.3. The van der Waals surface area contributed by atoms with Crippen molar-refractivity contribution >= 4 is 51.7 Å². The van der Waals surface area contributed by atoms with Gasteiger partial charge in [-0.3, -0.25) is 9.78 Å². The third kappa shape index (κ3) is 4.66. The summed E-state index contributed by atoms with van der Waals surface area (Å²) in [5.74, 6) is 0.614. The van der Waals surface area contributed by atoms with Crippen LogP contribution in [-0.2, 0) is 0 Å². The highest BCUT2D eigenvalue weighted by molar-refractivity contribution is 6.30. The molecule has 3 aromatic rings. The minimum absolute atomic E-state index is 0.122. The van der Waals surface area contributed by atoms with Crippen LogP contribution in [0.1, 0.15) is 30.1 Å². The third-order valence-electron chi connectivity index (χ3n) is 5.15. The molecular weight excluding hydrogens is 420 g/mol. The molecule has 1 aliphatic rings. The molecule has 1 fully saturated rings. The largest absolute Gasteiger partial charge is 0.465 e. The maximum absolute atomic E-state index is 12.1. The van der Waals surface area contributed by atoms with E-state index in [4.69, 9.17) is 16.7 Å². The predicted octanol–water partition coefficient (Wildman–Crippen LogP) is 3.86. The van der Waals surface area contributed by atoms with Gasteiger partial charge in [-0.2, -0.15) is 0 Å². The Morgan fingerprint density at radius 3 is 2.74 bits per heavy atom. The quantitative estimate of drug-likeness (QED) is 0.404. The summed E-state index contributed by atoms with van der Waals surface area (Å²) >= 11 is 6.06. The lowest BCUT2D eigenvalue weighted by Crippen LogP contribution is -2.47. The number of ketones is 1. The van der Waals surface area contributed by atoms with Crippen LogP contribution < -0.4 is 15.5 Å². The molecule has 31 heavy (non-hydrogen) atoms. The van der Waals surface area contributed by atoms with E-state index in [0.29, 0.717) is 39.7 Å². The molecule has 4 heterocycles. The second-order valence-corrected chi connectivity index (χ2v) is 7.76. The molecule has 1 saturated heterocycles. The average molecular weight is 441 g/mol. The Kier molecular flexibility index (Phi) is 5.85. The van der Waals surface area contributed by atoms with Gasteiger partial charge in [0.25, 0.3) is 0 Å². The van der Waals surface area contributed by atoms with Gasteiger partial charge >= 0.3 is 6.09 Å². The summed E-state index contributed by atoms with van der Waals surface area (Å²) in [6.45, 7) is 2.85. The van der Waals surface area contributed by atoms with E-state index in [0.717, 1.165) is 25.2 Å². The van der Waals surface area contributed by atoms with Gasteiger partial charge < -0.3 is 20.6 Å². The van der Waals surface area contributed by atoms with E-state index >= 15 is 0 Å². The fourth-order valence-electron chi connectivity index (χ4n) is 3.70. The van der Waals surface area contributed by atoms with Crippen LogP contribution in [0.2, 0.25) is 5.15 Å². The number of aromatic nitrogens is 3. The average Bonchev–Trinajstić information content (AvgIpc) is 2.74. The number of hydrogen-bond donors (Lipinski definition) is 3. The normalized spacial score (nSPS) is 16.2. The summed E-state index contributed by atoms with van der Waals surface area (Å²) in [5, 5.41) is 15.0. The number of carbonyl (C=O) groups excluding carboxylic acids is 1. The number of amides is 1. The molecule has 4 rings (SSSR count). The number of piperidine rings is 1. The molecule has 0 saturated carbocycles.